The van der Waals surface area contributed by atoms with Gasteiger partial charge in [0.2, 0.25) is 0 Å². The third-order valence-corrected chi connectivity index (χ3v) is 5.66. The van der Waals surface area contributed by atoms with Crippen LogP contribution in [0.3, 0.4) is 0 Å². The number of nitrogens with one attached hydrogen (secondary N) is 1. The van der Waals surface area contributed by atoms with Gasteiger partial charge in [0.25, 0.3) is 0 Å². The molecule has 2 nitrogen and oxygen atoms in total. The van der Waals surface area contributed by atoms with Crippen LogP contribution in [-0.4, -0.2) is 6.61 Å². The van der Waals surface area contributed by atoms with Gasteiger partial charge in [-0.3, -0.25) is 0 Å². The summed E-state index contributed by atoms with van der Waals surface area (Å²) in [5.74, 6) is 1.01. The average Bonchev–Trinajstić information content (AvgIpc) is 3.09. The summed E-state index contributed by atoms with van der Waals surface area (Å²) in [6.45, 7) is 1.65. The highest BCUT2D eigenvalue weighted by Crippen LogP contribution is 2.33. The van der Waals surface area contributed by atoms with E-state index < -0.39 is 0 Å². The molecular weight excluding hydrogens is 338 g/mol. The topological polar surface area (TPSA) is 21.3 Å². The Morgan fingerprint density at radius 2 is 1.88 bits per heavy atom. The highest BCUT2D eigenvalue weighted by atomic mass is 35.5. The van der Waals surface area contributed by atoms with Gasteiger partial charge in [-0.1, -0.05) is 41.9 Å². The minimum Gasteiger partial charge on any atom is -0.493 e. The first-order chi connectivity index (χ1) is 11.8. The number of hydrogen-bond acceptors (Lipinski definition) is 3. The zero-order valence-corrected chi connectivity index (χ0v) is 14.7. The Kier molecular flexibility index (Phi) is 4.56. The van der Waals surface area contributed by atoms with Crippen molar-refractivity contribution in [3.8, 4) is 16.2 Å². The number of para-hydroxylation sites is 1. The van der Waals surface area contributed by atoms with E-state index in [1.165, 1.54) is 20.9 Å². The minimum atomic E-state index is 0.357. The van der Waals surface area contributed by atoms with Crippen molar-refractivity contribution >= 4 is 22.9 Å². The number of fused-ring (bicyclic) bond motifs is 1. The van der Waals surface area contributed by atoms with Gasteiger partial charge in [0.15, 0.2) is 0 Å². The fourth-order valence-electron chi connectivity index (χ4n) is 3.02. The van der Waals surface area contributed by atoms with Crippen LogP contribution < -0.4 is 10.1 Å². The van der Waals surface area contributed by atoms with E-state index in [0.29, 0.717) is 6.04 Å². The molecule has 2 aromatic carbocycles. The molecule has 4 heteroatoms. The van der Waals surface area contributed by atoms with Crippen LogP contribution in [0.15, 0.2) is 60.7 Å². The maximum atomic E-state index is 5.96. The average molecular weight is 356 g/mol. The molecule has 0 spiro atoms. The summed E-state index contributed by atoms with van der Waals surface area (Å²) in [4.78, 5) is 2.61. The van der Waals surface area contributed by atoms with E-state index in [9.17, 15) is 0 Å². The first-order valence-electron chi connectivity index (χ1n) is 8.09. The molecule has 0 radical (unpaired) electrons. The van der Waals surface area contributed by atoms with Gasteiger partial charge < -0.3 is 10.1 Å². The molecule has 1 aliphatic heterocycles. The second kappa shape index (κ2) is 6.98. The first-order valence-corrected chi connectivity index (χ1v) is 9.29. The predicted molar refractivity (Wildman–Crippen MR) is 101 cm³/mol. The normalized spacial score (nSPS) is 16.5. The molecule has 0 saturated carbocycles. The Morgan fingerprint density at radius 3 is 2.75 bits per heavy atom. The first kappa shape index (κ1) is 15.7. The van der Waals surface area contributed by atoms with Gasteiger partial charge in [-0.25, -0.2) is 0 Å². The van der Waals surface area contributed by atoms with Crippen LogP contribution in [0.4, 0.5) is 0 Å². The molecule has 1 N–H and O–H groups in total. The van der Waals surface area contributed by atoms with Crippen LogP contribution in [0.25, 0.3) is 10.4 Å². The molecule has 122 valence electrons. The number of thiophene rings is 1. The highest BCUT2D eigenvalue weighted by molar-refractivity contribution is 7.15. The minimum absolute atomic E-state index is 0.357. The van der Waals surface area contributed by atoms with Gasteiger partial charge in [0.1, 0.15) is 5.75 Å². The maximum Gasteiger partial charge on any atom is 0.124 e. The van der Waals surface area contributed by atoms with Gasteiger partial charge >= 0.3 is 0 Å². The standard InChI is InChI=1S/C20H18ClNOS/c21-15-7-5-14(6-8-15)20-10-9-16(24-20)13-22-18-11-12-23-19-4-2-1-3-17(18)19/h1-10,18,22H,11-13H2/t18-/m1/s1. The molecule has 1 aliphatic rings. The van der Waals surface area contributed by atoms with Gasteiger partial charge in [0.05, 0.1) is 6.61 Å². The monoisotopic (exact) mass is 355 g/mol. The summed E-state index contributed by atoms with van der Waals surface area (Å²) in [5.41, 5.74) is 2.48. The van der Waals surface area contributed by atoms with Crippen molar-refractivity contribution in [3.63, 3.8) is 0 Å². The molecule has 0 bridgehead atoms. The van der Waals surface area contributed by atoms with Crippen molar-refractivity contribution in [1.82, 2.24) is 5.32 Å². The summed E-state index contributed by atoms with van der Waals surface area (Å²) in [5, 5.41) is 4.45. The molecule has 0 fully saturated rings. The Labute approximate surface area is 151 Å². The largest absolute Gasteiger partial charge is 0.493 e. The van der Waals surface area contributed by atoms with Crippen LogP contribution in [0.5, 0.6) is 5.75 Å². The number of benzene rings is 2. The van der Waals surface area contributed by atoms with E-state index in [0.717, 1.165) is 30.3 Å². The van der Waals surface area contributed by atoms with E-state index in [4.69, 9.17) is 16.3 Å². The molecule has 24 heavy (non-hydrogen) atoms. The third-order valence-electron chi connectivity index (χ3n) is 4.27. The van der Waals surface area contributed by atoms with Crippen molar-refractivity contribution in [2.75, 3.05) is 6.61 Å². The number of ether oxygens (including phenoxy) is 1. The third kappa shape index (κ3) is 3.34. The quantitative estimate of drug-likeness (QED) is 0.649. The Balaban J connectivity index is 1.45. The van der Waals surface area contributed by atoms with Crippen molar-refractivity contribution in [3.05, 3.63) is 76.1 Å². The summed E-state index contributed by atoms with van der Waals surface area (Å²) in [6.07, 6.45) is 1.01. The lowest BCUT2D eigenvalue weighted by atomic mass is 10.0. The van der Waals surface area contributed by atoms with Crippen molar-refractivity contribution in [2.24, 2.45) is 0 Å². The lowest BCUT2D eigenvalue weighted by Crippen LogP contribution is -2.26. The SMILES string of the molecule is Clc1ccc(-c2ccc(CN[C@@H]3CCOc4ccccc43)s2)cc1. The lowest BCUT2D eigenvalue weighted by Gasteiger charge is -2.26. The molecule has 2 heterocycles. The fourth-order valence-corrected chi connectivity index (χ4v) is 4.11. The van der Waals surface area contributed by atoms with Gasteiger partial charge in [-0.15, -0.1) is 11.3 Å². The molecule has 0 amide bonds. The molecule has 1 aromatic heterocycles. The van der Waals surface area contributed by atoms with Crippen LogP contribution in [0.2, 0.25) is 5.02 Å². The van der Waals surface area contributed by atoms with Crippen LogP contribution in [0, 0.1) is 0 Å². The summed E-state index contributed by atoms with van der Waals surface area (Å²) in [6, 6.07) is 21.1. The zero-order chi connectivity index (χ0) is 16.4. The summed E-state index contributed by atoms with van der Waals surface area (Å²) in [7, 11) is 0. The number of hydrogen-bond donors (Lipinski definition) is 1. The lowest BCUT2D eigenvalue weighted by molar-refractivity contribution is 0.252. The molecule has 0 saturated heterocycles. The summed E-state index contributed by atoms with van der Waals surface area (Å²) < 4.78 is 5.73. The van der Waals surface area contributed by atoms with Crippen molar-refractivity contribution in [1.29, 1.82) is 0 Å². The van der Waals surface area contributed by atoms with Gasteiger partial charge in [-0.05, 0) is 35.9 Å². The van der Waals surface area contributed by atoms with Crippen LogP contribution >= 0.6 is 22.9 Å². The molecule has 0 unspecified atom stereocenters. The molecular formula is C20H18ClNOS. The molecule has 0 aliphatic carbocycles. The Morgan fingerprint density at radius 1 is 1.04 bits per heavy atom. The van der Waals surface area contributed by atoms with E-state index in [1.54, 1.807) is 0 Å². The highest BCUT2D eigenvalue weighted by Gasteiger charge is 2.20. The Hall–Kier alpha value is -1.81. The van der Waals surface area contributed by atoms with E-state index in [1.807, 2.05) is 35.6 Å². The van der Waals surface area contributed by atoms with Crippen molar-refractivity contribution in [2.45, 2.75) is 19.0 Å². The smallest absolute Gasteiger partial charge is 0.124 e. The van der Waals surface area contributed by atoms with Gasteiger partial charge in [-0.2, -0.15) is 0 Å². The molecule has 3 aromatic rings. The van der Waals surface area contributed by atoms with E-state index >= 15 is 0 Å². The summed E-state index contributed by atoms with van der Waals surface area (Å²) >= 11 is 7.79. The fraction of sp³-hybridized carbons (Fsp3) is 0.200. The zero-order valence-electron chi connectivity index (χ0n) is 13.2. The number of rotatable bonds is 4. The molecule has 1 atom stereocenters. The molecule has 4 rings (SSSR count). The van der Waals surface area contributed by atoms with Crippen LogP contribution in [0.1, 0.15) is 22.9 Å². The van der Waals surface area contributed by atoms with Gasteiger partial charge in [0, 0.05) is 39.3 Å². The maximum absolute atomic E-state index is 5.96. The van der Waals surface area contributed by atoms with Crippen molar-refractivity contribution < 1.29 is 4.74 Å². The predicted octanol–water partition coefficient (Wildman–Crippen LogP) is 5.68. The number of halogens is 1. The van der Waals surface area contributed by atoms with Crippen LogP contribution in [-0.2, 0) is 6.54 Å². The Bertz CT molecular complexity index is 828. The van der Waals surface area contributed by atoms with E-state index in [2.05, 4.69) is 41.7 Å². The van der Waals surface area contributed by atoms with E-state index in [-0.39, 0.29) is 0 Å². The second-order valence-electron chi connectivity index (χ2n) is 5.88. The second-order valence-corrected chi connectivity index (χ2v) is 7.49.